The molecule has 1 atom stereocenters. The van der Waals surface area contributed by atoms with Crippen LogP contribution >= 0.6 is 0 Å². The first kappa shape index (κ1) is 14.7. The molecule has 18 heavy (non-hydrogen) atoms. The Balaban J connectivity index is 2.43. The largest absolute Gasteiger partial charge is 0.447 e. The van der Waals surface area contributed by atoms with Crippen LogP contribution in [0.1, 0.15) is 50.0 Å². The normalized spacial score (nSPS) is 12.7. The summed E-state index contributed by atoms with van der Waals surface area (Å²) in [5.74, 6) is 1.01. The van der Waals surface area contributed by atoms with Crippen LogP contribution in [0.3, 0.4) is 0 Å². The second-order valence-electron chi connectivity index (χ2n) is 5.00. The summed E-state index contributed by atoms with van der Waals surface area (Å²) in [6.45, 7) is 6.89. The van der Waals surface area contributed by atoms with Crippen molar-refractivity contribution >= 4 is 5.91 Å². The first-order valence-electron chi connectivity index (χ1n) is 6.42. The van der Waals surface area contributed by atoms with Gasteiger partial charge in [-0.05, 0) is 32.7 Å². The summed E-state index contributed by atoms with van der Waals surface area (Å²) in [4.78, 5) is 16.0. The number of oxazole rings is 1. The molecule has 1 unspecified atom stereocenters. The molecule has 102 valence electrons. The van der Waals surface area contributed by atoms with E-state index in [9.17, 15) is 4.79 Å². The van der Waals surface area contributed by atoms with Gasteiger partial charge in [0.15, 0.2) is 5.69 Å². The van der Waals surface area contributed by atoms with E-state index < -0.39 is 0 Å². The predicted octanol–water partition coefficient (Wildman–Crippen LogP) is 1.95. The lowest BCUT2D eigenvalue weighted by Gasteiger charge is -2.13. The number of hydrogen-bond acceptors (Lipinski definition) is 4. The Bertz CT molecular complexity index is 374. The molecule has 0 saturated heterocycles. The lowest BCUT2D eigenvalue weighted by atomic mass is 10.0. The summed E-state index contributed by atoms with van der Waals surface area (Å²) in [5.41, 5.74) is 0.344. The van der Waals surface area contributed by atoms with Gasteiger partial charge in [0.05, 0.1) is 6.54 Å². The van der Waals surface area contributed by atoms with Crippen molar-refractivity contribution in [2.75, 3.05) is 7.05 Å². The average molecular weight is 253 g/mol. The summed E-state index contributed by atoms with van der Waals surface area (Å²) < 4.78 is 5.17. The van der Waals surface area contributed by atoms with Crippen molar-refractivity contribution in [1.29, 1.82) is 0 Å². The molecule has 0 aliphatic rings. The molecule has 0 aliphatic heterocycles. The van der Waals surface area contributed by atoms with Crippen LogP contribution in [0, 0.1) is 5.92 Å². The minimum absolute atomic E-state index is 0.157. The molecule has 0 aromatic carbocycles. The highest BCUT2D eigenvalue weighted by molar-refractivity contribution is 5.92. The molecule has 0 radical (unpaired) electrons. The third-order valence-corrected chi connectivity index (χ3v) is 2.67. The maximum Gasteiger partial charge on any atom is 0.273 e. The number of nitrogens with zero attached hydrogens (tertiary/aromatic N) is 1. The van der Waals surface area contributed by atoms with Gasteiger partial charge in [0.1, 0.15) is 6.26 Å². The zero-order valence-corrected chi connectivity index (χ0v) is 11.6. The van der Waals surface area contributed by atoms with Crippen molar-refractivity contribution in [2.24, 2.45) is 5.92 Å². The van der Waals surface area contributed by atoms with Crippen molar-refractivity contribution in [3.05, 3.63) is 17.8 Å². The molecule has 0 bridgehead atoms. The Hall–Kier alpha value is -1.36. The van der Waals surface area contributed by atoms with Crippen molar-refractivity contribution in [1.82, 2.24) is 15.6 Å². The molecule has 2 N–H and O–H groups in total. The third kappa shape index (κ3) is 4.87. The monoisotopic (exact) mass is 253 g/mol. The summed E-state index contributed by atoms with van der Waals surface area (Å²) in [5, 5.41) is 5.85. The van der Waals surface area contributed by atoms with Gasteiger partial charge in [-0.2, -0.15) is 0 Å². The maximum absolute atomic E-state index is 11.9. The molecule has 5 heteroatoms. The molecule has 1 rings (SSSR count). The average Bonchev–Trinajstić information content (AvgIpc) is 2.75. The van der Waals surface area contributed by atoms with Crippen LogP contribution in [-0.2, 0) is 6.54 Å². The van der Waals surface area contributed by atoms with Crippen LogP contribution < -0.4 is 10.6 Å². The summed E-state index contributed by atoms with van der Waals surface area (Å²) in [6.07, 6.45) is 3.48. The predicted molar refractivity (Wildman–Crippen MR) is 70.3 cm³/mol. The quantitative estimate of drug-likeness (QED) is 0.779. The van der Waals surface area contributed by atoms with E-state index >= 15 is 0 Å². The van der Waals surface area contributed by atoms with Crippen LogP contribution in [0.5, 0.6) is 0 Å². The number of amides is 1. The number of aromatic nitrogens is 1. The lowest BCUT2D eigenvalue weighted by molar-refractivity contribution is 0.0932. The first-order valence-corrected chi connectivity index (χ1v) is 6.42. The molecule has 1 aromatic rings. The topological polar surface area (TPSA) is 67.2 Å². The SMILES string of the molecule is CNCc1nc(C(=O)NC(C)CCC(C)C)co1. The van der Waals surface area contributed by atoms with Gasteiger partial charge in [-0.25, -0.2) is 4.98 Å². The van der Waals surface area contributed by atoms with Crippen molar-refractivity contribution in [2.45, 2.75) is 46.2 Å². The van der Waals surface area contributed by atoms with Crippen LogP contribution in [0.25, 0.3) is 0 Å². The Morgan fingerprint density at radius 1 is 1.39 bits per heavy atom. The van der Waals surface area contributed by atoms with Gasteiger partial charge in [0.25, 0.3) is 5.91 Å². The summed E-state index contributed by atoms with van der Waals surface area (Å²) in [6, 6.07) is 0.157. The Kier molecular flexibility index (Phi) is 5.85. The van der Waals surface area contributed by atoms with Crippen LogP contribution in [-0.4, -0.2) is 24.0 Å². The van der Waals surface area contributed by atoms with Crippen LogP contribution in [0.4, 0.5) is 0 Å². The van der Waals surface area contributed by atoms with Crippen LogP contribution in [0.15, 0.2) is 10.7 Å². The molecule has 5 nitrogen and oxygen atoms in total. The standard InChI is InChI=1S/C13H23N3O2/c1-9(2)5-6-10(3)15-13(17)11-8-18-12(16-11)7-14-4/h8-10,14H,5-7H2,1-4H3,(H,15,17). The first-order chi connectivity index (χ1) is 8.52. The van der Waals surface area contributed by atoms with Gasteiger partial charge in [-0.15, -0.1) is 0 Å². The molecular formula is C13H23N3O2. The number of carbonyl (C=O) groups excluding carboxylic acids is 1. The van der Waals surface area contributed by atoms with Crippen molar-refractivity contribution < 1.29 is 9.21 Å². The highest BCUT2D eigenvalue weighted by Gasteiger charge is 2.14. The van der Waals surface area contributed by atoms with Gasteiger partial charge in [0, 0.05) is 6.04 Å². The van der Waals surface area contributed by atoms with E-state index in [1.54, 1.807) is 7.05 Å². The highest BCUT2D eigenvalue weighted by atomic mass is 16.3. The maximum atomic E-state index is 11.9. The van der Waals surface area contributed by atoms with Gasteiger partial charge < -0.3 is 15.1 Å². The number of carbonyl (C=O) groups is 1. The second kappa shape index (κ2) is 7.16. The second-order valence-corrected chi connectivity index (χ2v) is 5.00. The van der Waals surface area contributed by atoms with Gasteiger partial charge >= 0.3 is 0 Å². The lowest BCUT2D eigenvalue weighted by Crippen LogP contribution is -2.33. The van der Waals surface area contributed by atoms with E-state index in [2.05, 4.69) is 29.5 Å². The minimum atomic E-state index is -0.169. The third-order valence-electron chi connectivity index (χ3n) is 2.67. The van der Waals surface area contributed by atoms with Gasteiger partial charge in [-0.1, -0.05) is 13.8 Å². The highest BCUT2D eigenvalue weighted by Crippen LogP contribution is 2.07. The van der Waals surface area contributed by atoms with Crippen LogP contribution in [0.2, 0.25) is 0 Å². The van der Waals surface area contributed by atoms with E-state index in [1.165, 1.54) is 6.26 Å². The molecule has 1 aromatic heterocycles. The zero-order valence-electron chi connectivity index (χ0n) is 11.6. The number of hydrogen-bond donors (Lipinski definition) is 2. The molecular weight excluding hydrogens is 230 g/mol. The molecule has 0 saturated carbocycles. The smallest absolute Gasteiger partial charge is 0.273 e. The van der Waals surface area contributed by atoms with E-state index in [4.69, 9.17) is 4.42 Å². The fourth-order valence-corrected chi connectivity index (χ4v) is 1.60. The van der Waals surface area contributed by atoms with Crippen molar-refractivity contribution in [3.8, 4) is 0 Å². The molecule has 1 heterocycles. The van der Waals surface area contributed by atoms with E-state index in [1.807, 2.05) is 6.92 Å². The Labute approximate surface area is 108 Å². The van der Waals surface area contributed by atoms with E-state index in [0.717, 1.165) is 12.8 Å². The fourth-order valence-electron chi connectivity index (χ4n) is 1.60. The molecule has 0 spiro atoms. The molecule has 0 aliphatic carbocycles. The minimum Gasteiger partial charge on any atom is -0.447 e. The van der Waals surface area contributed by atoms with E-state index in [0.29, 0.717) is 24.0 Å². The molecule has 0 fully saturated rings. The van der Waals surface area contributed by atoms with Crippen molar-refractivity contribution in [3.63, 3.8) is 0 Å². The van der Waals surface area contributed by atoms with E-state index in [-0.39, 0.29) is 11.9 Å². The number of nitrogens with one attached hydrogen (secondary N) is 2. The molecule has 1 amide bonds. The summed E-state index contributed by atoms with van der Waals surface area (Å²) >= 11 is 0. The summed E-state index contributed by atoms with van der Waals surface area (Å²) in [7, 11) is 1.80. The fraction of sp³-hybridized carbons (Fsp3) is 0.692. The van der Waals surface area contributed by atoms with Gasteiger partial charge in [-0.3, -0.25) is 4.79 Å². The Morgan fingerprint density at radius 2 is 2.11 bits per heavy atom. The van der Waals surface area contributed by atoms with Gasteiger partial charge in [0.2, 0.25) is 5.89 Å². The zero-order chi connectivity index (χ0) is 13.5. The Morgan fingerprint density at radius 3 is 2.72 bits per heavy atom. The number of rotatable bonds is 7.